The van der Waals surface area contributed by atoms with Gasteiger partial charge in [-0.2, -0.15) is 17.9 Å². The van der Waals surface area contributed by atoms with Gasteiger partial charge in [0.1, 0.15) is 18.4 Å². The third-order valence-corrected chi connectivity index (χ3v) is 6.17. The number of carbonyl (C=O) groups is 2. The Morgan fingerprint density at radius 3 is 2.30 bits per heavy atom. The third kappa shape index (κ3) is 6.78. The molecule has 2 rings (SSSR count). The molecule has 2 aromatic rings. The molecule has 0 bridgehead atoms. The lowest BCUT2D eigenvalue weighted by Gasteiger charge is -2.21. The van der Waals surface area contributed by atoms with Crippen LogP contribution < -0.4 is 9.46 Å². The molecular formula is C22H24F3NO6S. The van der Waals surface area contributed by atoms with Crippen LogP contribution in [0, 0.1) is 5.92 Å². The summed E-state index contributed by atoms with van der Waals surface area (Å²) in [6, 6.07) is 6.41. The first-order valence-electron chi connectivity index (χ1n) is 9.80. The van der Waals surface area contributed by atoms with Crippen molar-refractivity contribution in [2.45, 2.75) is 44.5 Å². The molecule has 2 aromatic carbocycles. The Hall–Kier alpha value is -2.92. The highest BCUT2D eigenvalue weighted by atomic mass is 32.2. The van der Waals surface area contributed by atoms with E-state index in [2.05, 4.69) is 4.72 Å². The zero-order valence-corrected chi connectivity index (χ0v) is 19.2. The van der Waals surface area contributed by atoms with Crippen LogP contribution in [-0.4, -0.2) is 33.3 Å². The minimum Gasteiger partial charge on any atom is -0.496 e. The predicted molar refractivity (Wildman–Crippen MR) is 113 cm³/mol. The van der Waals surface area contributed by atoms with Crippen molar-refractivity contribution in [2.75, 3.05) is 7.11 Å². The van der Waals surface area contributed by atoms with E-state index in [0.29, 0.717) is 22.9 Å². The minimum atomic E-state index is -4.73. The third-order valence-electron chi connectivity index (χ3n) is 4.73. The number of ketones is 1. The first-order chi connectivity index (χ1) is 15.3. The molecule has 1 N–H and O–H groups in total. The molecule has 180 valence electrons. The van der Waals surface area contributed by atoms with Gasteiger partial charge in [0, 0.05) is 11.1 Å². The molecule has 0 spiro atoms. The lowest BCUT2D eigenvalue weighted by atomic mass is 10.1. The number of hydrogen-bond donors (Lipinski definition) is 1. The first kappa shape index (κ1) is 26.3. The zero-order valence-electron chi connectivity index (χ0n) is 18.4. The van der Waals surface area contributed by atoms with Crippen molar-refractivity contribution in [3.8, 4) is 5.75 Å². The van der Waals surface area contributed by atoms with Crippen molar-refractivity contribution in [2.24, 2.45) is 5.92 Å². The van der Waals surface area contributed by atoms with Gasteiger partial charge in [-0.25, -0.2) is 8.42 Å². The Morgan fingerprint density at radius 2 is 1.76 bits per heavy atom. The lowest BCUT2D eigenvalue weighted by molar-refractivity contribution is -0.148. The van der Waals surface area contributed by atoms with Crippen LogP contribution in [0.5, 0.6) is 5.75 Å². The van der Waals surface area contributed by atoms with Gasteiger partial charge in [-0.15, -0.1) is 0 Å². The Bertz CT molecular complexity index is 1130. The Labute approximate surface area is 189 Å². The van der Waals surface area contributed by atoms with E-state index < -0.39 is 44.6 Å². The molecule has 0 aromatic heterocycles. The van der Waals surface area contributed by atoms with Crippen LogP contribution in [0.1, 0.15) is 42.3 Å². The van der Waals surface area contributed by atoms with Gasteiger partial charge in [0.2, 0.25) is 10.0 Å². The van der Waals surface area contributed by atoms with Crippen molar-refractivity contribution in [3.63, 3.8) is 0 Å². The van der Waals surface area contributed by atoms with Crippen LogP contribution in [0.4, 0.5) is 13.2 Å². The summed E-state index contributed by atoms with van der Waals surface area (Å²) in [4.78, 5) is 23.7. The molecule has 0 heterocycles. The summed E-state index contributed by atoms with van der Waals surface area (Å²) < 4.78 is 76.8. The fourth-order valence-corrected chi connectivity index (χ4v) is 4.26. The number of rotatable bonds is 9. The normalized spacial score (nSPS) is 13.0. The largest absolute Gasteiger partial charge is 0.496 e. The number of benzene rings is 2. The van der Waals surface area contributed by atoms with E-state index in [1.165, 1.54) is 26.2 Å². The smallest absolute Gasteiger partial charge is 0.416 e. The number of ether oxygens (including phenoxy) is 2. The number of sulfonamides is 1. The van der Waals surface area contributed by atoms with Gasteiger partial charge in [0.25, 0.3) is 0 Å². The summed E-state index contributed by atoms with van der Waals surface area (Å²) >= 11 is 0. The number of esters is 1. The van der Waals surface area contributed by atoms with E-state index in [4.69, 9.17) is 9.47 Å². The Kier molecular flexibility index (Phi) is 8.25. The molecule has 11 heteroatoms. The zero-order chi connectivity index (χ0) is 25.0. The van der Waals surface area contributed by atoms with Gasteiger partial charge in [0.05, 0.1) is 17.6 Å². The molecule has 0 saturated heterocycles. The maximum Gasteiger partial charge on any atom is 0.416 e. The molecule has 0 fully saturated rings. The van der Waals surface area contributed by atoms with Crippen molar-refractivity contribution in [3.05, 3.63) is 59.2 Å². The second-order valence-corrected chi connectivity index (χ2v) is 9.27. The summed E-state index contributed by atoms with van der Waals surface area (Å²) in [5.41, 5.74) is -0.374. The van der Waals surface area contributed by atoms with Gasteiger partial charge in [-0.05, 0) is 49.2 Å². The second-order valence-electron chi connectivity index (χ2n) is 7.56. The highest BCUT2D eigenvalue weighted by molar-refractivity contribution is 7.89. The van der Waals surface area contributed by atoms with E-state index >= 15 is 0 Å². The number of carbonyl (C=O) groups excluding carboxylic acids is 2. The topological polar surface area (TPSA) is 98.8 Å². The van der Waals surface area contributed by atoms with Gasteiger partial charge < -0.3 is 9.47 Å². The van der Waals surface area contributed by atoms with E-state index in [1.807, 2.05) is 0 Å². The number of nitrogens with one attached hydrogen (secondary N) is 1. The summed E-state index contributed by atoms with van der Waals surface area (Å²) in [6.45, 7) is 4.17. The predicted octanol–water partition coefficient (Wildman–Crippen LogP) is 3.96. The van der Waals surface area contributed by atoms with Crippen molar-refractivity contribution in [1.82, 2.24) is 4.72 Å². The molecule has 0 aliphatic rings. The van der Waals surface area contributed by atoms with Gasteiger partial charge in [0.15, 0.2) is 5.78 Å². The van der Waals surface area contributed by atoms with Crippen molar-refractivity contribution >= 4 is 21.8 Å². The summed E-state index contributed by atoms with van der Waals surface area (Å²) in [5.74, 6) is -1.36. The van der Waals surface area contributed by atoms with E-state index in [-0.39, 0.29) is 12.4 Å². The van der Waals surface area contributed by atoms with Crippen LogP contribution >= 0.6 is 0 Å². The van der Waals surface area contributed by atoms with Crippen LogP contribution in [0.15, 0.2) is 47.4 Å². The molecule has 0 saturated carbocycles. The van der Waals surface area contributed by atoms with E-state index in [1.54, 1.807) is 19.9 Å². The number of hydrogen-bond acceptors (Lipinski definition) is 6. The molecule has 33 heavy (non-hydrogen) atoms. The molecule has 0 amide bonds. The summed E-state index contributed by atoms with van der Waals surface area (Å²) in [6.07, 6.45) is -4.73. The van der Waals surface area contributed by atoms with Crippen LogP contribution in [0.2, 0.25) is 0 Å². The molecule has 7 nitrogen and oxygen atoms in total. The molecule has 0 unspecified atom stereocenters. The fraction of sp³-hybridized carbons (Fsp3) is 0.364. The van der Waals surface area contributed by atoms with E-state index in [0.717, 1.165) is 18.2 Å². The number of methoxy groups -OCH3 is 1. The van der Waals surface area contributed by atoms with Crippen LogP contribution in [-0.2, 0) is 32.3 Å². The molecule has 1 atom stereocenters. The second kappa shape index (κ2) is 10.3. The van der Waals surface area contributed by atoms with Crippen LogP contribution in [0.25, 0.3) is 0 Å². The SMILES string of the molecule is COc1ccc(C(C)=O)cc1COC(=O)[C@H](NS(=O)(=O)c1cccc(C(F)(F)F)c1)C(C)C. The Morgan fingerprint density at radius 1 is 1.09 bits per heavy atom. The molecule has 0 aliphatic heterocycles. The number of alkyl halides is 3. The quantitative estimate of drug-likeness (QED) is 0.425. The average molecular weight is 487 g/mol. The maximum absolute atomic E-state index is 13.0. The minimum absolute atomic E-state index is 0.209. The number of Topliss-reactive ketones (excluding diaryl/α,β-unsaturated/α-hetero) is 1. The van der Waals surface area contributed by atoms with E-state index in [9.17, 15) is 31.2 Å². The highest BCUT2D eigenvalue weighted by Crippen LogP contribution is 2.30. The molecule has 0 radical (unpaired) electrons. The van der Waals surface area contributed by atoms with Gasteiger partial charge in [-0.3, -0.25) is 9.59 Å². The van der Waals surface area contributed by atoms with Crippen LogP contribution in [0.3, 0.4) is 0 Å². The standard InChI is InChI=1S/C22H24F3NO6S/c1-13(2)20(26-33(29,30)18-7-5-6-17(11-18)22(23,24)25)21(28)32-12-16-10-15(14(3)27)8-9-19(16)31-4/h5-11,13,20,26H,12H2,1-4H3/t20-/m1/s1. The highest BCUT2D eigenvalue weighted by Gasteiger charge is 2.34. The Balaban J connectivity index is 2.23. The first-order valence-corrected chi connectivity index (χ1v) is 11.3. The fourth-order valence-electron chi connectivity index (χ4n) is 2.88. The van der Waals surface area contributed by atoms with Crippen molar-refractivity contribution < 1.29 is 40.7 Å². The molecular weight excluding hydrogens is 463 g/mol. The monoisotopic (exact) mass is 487 g/mol. The summed E-state index contributed by atoms with van der Waals surface area (Å²) in [5, 5.41) is 0. The molecule has 0 aliphatic carbocycles. The average Bonchev–Trinajstić information content (AvgIpc) is 2.74. The number of halogens is 3. The van der Waals surface area contributed by atoms with Crippen molar-refractivity contribution in [1.29, 1.82) is 0 Å². The van der Waals surface area contributed by atoms with Gasteiger partial charge >= 0.3 is 12.1 Å². The van der Waals surface area contributed by atoms with Gasteiger partial charge in [-0.1, -0.05) is 19.9 Å². The lowest BCUT2D eigenvalue weighted by Crippen LogP contribution is -2.45. The maximum atomic E-state index is 13.0. The summed E-state index contributed by atoms with van der Waals surface area (Å²) in [7, 11) is -3.07.